The molecular formula is C17H28N2O2. The number of carbonyl (C=O) groups is 1. The molecule has 0 saturated carbocycles. The van der Waals surface area contributed by atoms with Crippen molar-refractivity contribution in [2.45, 2.75) is 46.2 Å². The van der Waals surface area contributed by atoms with Gasteiger partial charge in [0.25, 0.3) is 5.91 Å². The lowest BCUT2D eigenvalue weighted by Gasteiger charge is -2.21. The van der Waals surface area contributed by atoms with E-state index in [2.05, 4.69) is 31.3 Å². The molecule has 0 radical (unpaired) electrons. The summed E-state index contributed by atoms with van der Waals surface area (Å²) in [5.74, 6) is 0.732. The average Bonchev–Trinajstić information content (AvgIpc) is 2.45. The Kier molecular flexibility index (Phi) is 7.23. The van der Waals surface area contributed by atoms with Gasteiger partial charge in [-0.2, -0.15) is 0 Å². The van der Waals surface area contributed by atoms with Crippen molar-refractivity contribution in [3.63, 3.8) is 0 Å². The van der Waals surface area contributed by atoms with Crippen LogP contribution >= 0.6 is 0 Å². The van der Waals surface area contributed by atoms with Gasteiger partial charge in [-0.25, -0.2) is 0 Å². The van der Waals surface area contributed by atoms with Gasteiger partial charge in [0.1, 0.15) is 5.75 Å². The summed E-state index contributed by atoms with van der Waals surface area (Å²) in [4.78, 5) is 13.5. The minimum atomic E-state index is -0.00477. The summed E-state index contributed by atoms with van der Waals surface area (Å²) in [5.41, 5.74) is 1.27. The highest BCUT2D eigenvalue weighted by molar-refractivity contribution is 5.77. The van der Waals surface area contributed by atoms with Gasteiger partial charge in [-0.05, 0) is 51.4 Å². The first-order valence-electron chi connectivity index (χ1n) is 7.64. The number of nitrogens with one attached hydrogen (secondary N) is 1. The summed E-state index contributed by atoms with van der Waals surface area (Å²) < 4.78 is 5.54. The van der Waals surface area contributed by atoms with Gasteiger partial charge in [0, 0.05) is 19.1 Å². The van der Waals surface area contributed by atoms with E-state index in [1.165, 1.54) is 5.56 Å². The number of rotatable bonds is 8. The Bertz CT molecular complexity index is 429. The zero-order chi connectivity index (χ0) is 15.8. The van der Waals surface area contributed by atoms with Crippen molar-refractivity contribution < 1.29 is 9.53 Å². The van der Waals surface area contributed by atoms with E-state index in [0.29, 0.717) is 6.04 Å². The summed E-state index contributed by atoms with van der Waals surface area (Å²) in [6.07, 6.45) is 0.989. The van der Waals surface area contributed by atoms with Gasteiger partial charge in [-0.3, -0.25) is 4.79 Å². The van der Waals surface area contributed by atoms with Crippen LogP contribution in [0.15, 0.2) is 24.3 Å². The van der Waals surface area contributed by atoms with E-state index in [-0.39, 0.29) is 18.6 Å². The highest BCUT2D eigenvalue weighted by Crippen LogP contribution is 2.13. The molecule has 0 heterocycles. The van der Waals surface area contributed by atoms with Crippen LogP contribution in [0.3, 0.4) is 0 Å². The molecule has 0 spiro atoms. The maximum absolute atomic E-state index is 11.8. The van der Waals surface area contributed by atoms with Crippen LogP contribution in [0.2, 0.25) is 0 Å². The van der Waals surface area contributed by atoms with Gasteiger partial charge in [-0.15, -0.1) is 0 Å². The fourth-order valence-electron chi connectivity index (χ4n) is 2.03. The van der Waals surface area contributed by atoms with Crippen LogP contribution in [0.5, 0.6) is 5.75 Å². The lowest BCUT2D eigenvalue weighted by atomic mass is 10.1. The quantitative estimate of drug-likeness (QED) is 0.800. The van der Waals surface area contributed by atoms with Crippen LogP contribution in [0, 0.1) is 0 Å². The van der Waals surface area contributed by atoms with E-state index < -0.39 is 0 Å². The molecule has 0 aliphatic carbocycles. The molecule has 0 aliphatic rings. The smallest absolute Gasteiger partial charge is 0.260 e. The van der Waals surface area contributed by atoms with Gasteiger partial charge in [0.15, 0.2) is 6.61 Å². The van der Waals surface area contributed by atoms with E-state index in [4.69, 9.17) is 4.74 Å². The van der Waals surface area contributed by atoms with Crippen LogP contribution in [0.4, 0.5) is 0 Å². The third-order valence-corrected chi connectivity index (χ3v) is 3.55. The largest absolute Gasteiger partial charge is 0.484 e. The third-order valence-electron chi connectivity index (χ3n) is 3.55. The highest BCUT2D eigenvalue weighted by atomic mass is 16.5. The molecule has 21 heavy (non-hydrogen) atoms. The summed E-state index contributed by atoms with van der Waals surface area (Å²) in [7, 11) is 1.79. The van der Waals surface area contributed by atoms with Crippen molar-refractivity contribution >= 4 is 5.91 Å². The molecule has 0 fully saturated rings. The number of likely N-dealkylation sites (N-methyl/N-ethyl adjacent to an activating group) is 2. The van der Waals surface area contributed by atoms with E-state index in [0.717, 1.165) is 18.7 Å². The van der Waals surface area contributed by atoms with Crippen molar-refractivity contribution in [3.8, 4) is 5.75 Å². The van der Waals surface area contributed by atoms with Gasteiger partial charge in [0.2, 0.25) is 0 Å². The van der Waals surface area contributed by atoms with E-state index in [1.807, 2.05) is 26.0 Å². The van der Waals surface area contributed by atoms with E-state index in [1.54, 1.807) is 11.9 Å². The Morgan fingerprint density at radius 1 is 1.24 bits per heavy atom. The normalized spacial score (nSPS) is 12.3. The third kappa shape index (κ3) is 6.17. The Hall–Kier alpha value is -1.55. The van der Waals surface area contributed by atoms with Gasteiger partial charge in [-0.1, -0.05) is 19.1 Å². The minimum Gasteiger partial charge on any atom is -0.484 e. The molecule has 1 atom stereocenters. The number of hydrogen-bond donors (Lipinski definition) is 1. The highest BCUT2D eigenvalue weighted by Gasteiger charge is 2.12. The van der Waals surface area contributed by atoms with E-state index >= 15 is 0 Å². The second-order valence-electron chi connectivity index (χ2n) is 5.69. The van der Waals surface area contributed by atoms with Crippen LogP contribution in [-0.2, 0) is 11.2 Å². The first-order chi connectivity index (χ1) is 9.93. The molecular weight excluding hydrogens is 264 g/mol. The Morgan fingerprint density at radius 2 is 1.86 bits per heavy atom. The van der Waals surface area contributed by atoms with Crippen LogP contribution in [-0.4, -0.2) is 43.1 Å². The molecule has 1 aromatic carbocycles. The zero-order valence-corrected chi connectivity index (χ0v) is 13.8. The maximum atomic E-state index is 11.8. The fraction of sp³-hybridized carbons (Fsp3) is 0.588. The van der Waals surface area contributed by atoms with Crippen molar-refractivity contribution in [2.75, 3.05) is 20.2 Å². The molecule has 0 aliphatic heterocycles. The molecule has 1 rings (SSSR count). The van der Waals surface area contributed by atoms with Crippen LogP contribution in [0.25, 0.3) is 0 Å². The van der Waals surface area contributed by atoms with E-state index in [9.17, 15) is 4.79 Å². The average molecular weight is 292 g/mol. The second kappa shape index (κ2) is 8.67. The number of hydrogen-bond acceptors (Lipinski definition) is 3. The minimum absolute atomic E-state index is 0.00477. The maximum Gasteiger partial charge on any atom is 0.260 e. The van der Waals surface area contributed by atoms with Gasteiger partial charge < -0.3 is 15.0 Å². The molecule has 1 N–H and O–H groups in total. The number of carbonyl (C=O) groups excluding carboxylic acids is 1. The SMILES string of the molecule is CCNC(C)Cc1ccc(OCC(=O)N(C)C(C)C)cc1. The fourth-order valence-corrected chi connectivity index (χ4v) is 2.03. The van der Waals surface area contributed by atoms with Crippen LogP contribution < -0.4 is 10.1 Å². The molecule has 4 nitrogen and oxygen atoms in total. The van der Waals surface area contributed by atoms with Crippen molar-refractivity contribution in [2.24, 2.45) is 0 Å². The molecule has 1 amide bonds. The molecule has 0 bridgehead atoms. The zero-order valence-electron chi connectivity index (χ0n) is 13.8. The lowest BCUT2D eigenvalue weighted by Crippen LogP contribution is -2.36. The predicted molar refractivity (Wildman–Crippen MR) is 86.7 cm³/mol. The monoisotopic (exact) mass is 292 g/mol. The summed E-state index contributed by atoms with van der Waals surface area (Å²) in [6.45, 7) is 9.32. The molecule has 1 aromatic rings. The molecule has 0 aromatic heterocycles. The van der Waals surface area contributed by atoms with Gasteiger partial charge >= 0.3 is 0 Å². The van der Waals surface area contributed by atoms with Crippen molar-refractivity contribution in [1.82, 2.24) is 10.2 Å². The topological polar surface area (TPSA) is 41.6 Å². The van der Waals surface area contributed by atoms with Crippen LogP contribution in [0.1, 0.15) is 33.3 Å². The number of nitrogens with zero attached hydrogens (tertiary/aromatic N) is 1. The first-order valence-corrected chi connectivity index (χ1v) is 7.64. The summed E-state index contributed by atoms with van der Waals surface area (Å²) >= 11 is 0. The first kappa shape index (κ1) is 17.5. The Morgan fingerprint density at radius 3 is 2.38 bits per heavy atom. The molecule has 0 saturated heterocycles. The predicted octanol–water partition coefficient (Wildman–Crippen LogP) is 2.47. The number of ether oxygens (including phenoxy) is 1. The lowest BCUT2D eigenvalue weighted by molar-refractivity contribution is -0.133. The summed E-state index contributed by atoms with van der Waals surface area (Å²) in [5, 5.41) is 3.39. The van der Waals surface area contributed by atoms with Crippen molar-refractivity contribution in [3.05, 3.63) is 29.8 Å². The standard InChI is InChI=1S/C17H28N2O2/c1-6-18-14(4)11-15-7-9-16(10-8-15)21-12-17(20)19(5)13(2)3/h7-10,13-14,18H,6,11-12H2,1-5H3. The second-order valence-corrected chi connectivity index (χ2v) is 5.69. The molecule has 4 heteroatoms. The Labute approximate surface area is 128 Å². The molecule has 118 valence electrons. The van der Waals surface area contributed by atoms with Gasteiger partial charge in [0.05, 0.1) is 0 Å². The number of benzene rings is 1. The Balaban J connectivity index is 2.46. The number of amides is 1. The van der Waals surface area contributed by atoms with Crippen molar-refractivity contribution in [1.29, 1.82) is 0 Å². The summed E-state index contributed by atoms with van der Waals surface area (Å²) in [6, 6.07) is 8.62. The molecule has 1 unspecified atom stereocenters.